The van der Waals surface area contributed by atoms with E-state index in [1.165, 1.54) is 0 Å². The standard InChI is InChI=1S/Co.Ni.H2O.Zn/h;;1H2;. The van der Waals surface area contributed by atoms with Crippen molar-refractivity contribution < 1.29 is 58.2 Å². The fraction of sp³-hybridized carbons (Fsp3) is 0. The van der Waals surface area contributed by atoms with Crippen LogP contribution in [0.2, 0.25) is 0 Å². The molecule has 0 aliphatic heterocycles. The Morgan fingerprint density at radius 3 is 1.00 bits per heavy atom. The van der Waals surface area contributed by atoms with E-state index >= 15 is 0 Å². The third-order valence-electron chi connectivity index (χ3n) is 0. The molecule has 0 unspecified atom stereocenters. The van der Waals surface area contributed by atoms with Gasteiger partial charge in [-0.1, -0.05) is 0 Å². The molecule has 0 rings (SSSR count). The van der Waals surface area contributed by atoms with Gasteiger partial charge in [0.25, 0.3) is 0 Å². The first-order valence-corrected chi connectivity index (χ1v) is 0. The summed E-state index contributed by atoms with van der Waals surface area (Å²) in [5, 5.41) is 0. The van der Waals surface area contributed by atoms with Gasteiger partial charge < -0.3 is 5.48 Å². The summed E-state index contributed by atoms with van der Waals surface area (Å²) in [6, 6.07) is 0. The van der Waals surface area contributed by atoms with Gasteiger partial charge in [0.05, 0.1) is 0 Å². The van der Waals surface area contributed by atoms with Gasteiger partial charge in [0, 0.05) is 52.7 Å². The summed E-state index contributed by atoms with van der Waals surface area (Å²) >= 11 is 0. The molecule has 2 N–H and O–H groups in total. The Hall–Kier alpha value is 1.58. The molecule has 4 heteroatoms. The van der Waals surface area contributed by atoms with Crippen molar-refractivity contribution in [2.75, 3.05) is 0 Å². The Bertz CT molecular complexity index is 8.00. The van der Waals surface area contributed by atoms with Gasteiger partial charge >= 0.3 is 0 Å². The van der Waals surface area contributed by atoms with Gasteiger partial charge in [0.1, 0.15) is 0 Å². The first-order valence-electron chi connectivity index (χ1n) is 0. The van der Waals surface area contributed by atoms with E-state index in [1.54, 1.807) is 0 Å². The summed E-state index contributed by atoms with van der Waals surface area (Å²) in [4.78, 5) is 0. The minimum atomic E-state index is 0. The summed E-state index contributed by atoms with van der Waals surface area (Å²) in [6.07, 6.45) is 0. The van der Waals surface area contributed by atoms with E-state index in [4.69, 9.17) is 0 Å². The van der Waals surface area contributed by atoms with Crippen LogP contribution in [0.5, 0.6) is 0 Å². The predicted octanol–water partition coefficient (Wildman–Crippen LogP) is -0.832. The third kappa shape index (κ3) is 9.54. The quantitative estimate of drug-likeness (QED) is 0.458. The fourth-order valence-electron chi connectivity index (χ4n) is 0. The predicted molar refractivity (Wildman–Crippen MR) is 3.61 cm³/mol. The van der Waals surface area contributed by atoms with E-state index < -0.39 is 0 Å². The van der Waals surface area contributed by atoms with Crippen molar-refractivity contribution in [2.24, 2.45) is 0 Å². The molecule has 0 aromatic rings. The minimum Gasteiger partial charge on any atom is -0.412 e. The molecule has 1 radical (unpaired) electrons. The minimum absolute atomic E-state index is 0. The maximum absolute atomic E-state index is 0. The van der Waals surface area contributed by atoms with Gasteiger partial charge in [-0.05, 0) is 0 Å². The van der Waals surface area contributed by atoms with E-state index in [0.29, 0.717) is 0 Å². The Morgan fingerprint density at radius 1 is 1.00 bits per heavy atom. The second-order valence-corrected chi connectivity index (χ2v) is 0. The van der Waals surface area contributed by atoms with Crippen LogP contribution in [0.4, 0.5) is 0 Å². The topological polar surface area (TPSA) is 31.5 Å². The van der Waals surface area contributed by atoms with Crippen molar-refractivity contribution in [2.45, 2.75) is 0 Å². The summed E-state index contributed by atoms with van der Waals surface area (Å²) < 4.78 is 0. The van der Waals surface area contributed by atoms with Gasteiger partial charge in [0.15, 0.2) is 0 Å². The Morgan fingerprint density at radius 2 is 1.00 bits per heavy atom. The van der Waals surface area contributed by atoms with E-state index in [0.717, 1.165) is 0 Å². The molecule has 0 aliphatic rings. The molecule has 0 fully saturated rings. The second kappa shape index (κ2) is 23.5. The van der Waals surface area contributed by atoms with Crippen LogP contribution in [0.15, 0.2) is 0 Å². The second-order valence-electron chi connectivity index (χ2n) is 0. The summed E-state index contributed by atoms with van der Waals surface area (Å²) in [5.74, 6) is 0. The molecular weight excluding hydrogens is 199 g/mol. The van der Waals surface area contributed by atoms with Crippen LogP contribution in [-0.2, 0) is 52.7 Å². The molecule has 0 atom stereocenters. The van der Waals surface area contributed by atoms with Crippen molar-refractivity contribution in [3.63, 3.8) is 0 Å². The van der Waals surface area contributed by atoms with Gasteiger partial charge in [-0.2, -0.15) is 0 Å². The molecule has 0 amide bonds. The zero-order chi connectivity index (χ0) is 0. The van der Waals surface area contributed by atoms with Gasteiger partial charge in [-0.25, -0.2) is 0 Å². The molecule has 1 nitrogen and oxygen atoms in total. The molecule has 0 aromatic heterocycles. The average molecular weight is 201 g/mol. The zero-order valence-corrected chi connectivity index (χ0v) is 6.85. The zero-order valence-electron chi connectivity index (χ0n) is 1.86. The normalized spacial score (nSPS) is 0. The summed E-state index contributed by atoms with van der Waals surface area (Å²) in [6.45, 7) is 0. The third-order valence-corrected chi connectivity index (χ3v) is 0. The van der Waals surface area contributed by atoms with Crippen molar-refractivity contribution in [1.29, 1.82) is 0 Å². The van der Waals surface area contributed by atoms with Crippen LogP contribution >= 0.6 is 0 Å². The van der Waals surface area contributed by atoms with Crippen molar-refractivity contribution in [3.8, 4) is 0 Å². The fourth-order valence-corrected chi connectivity index (χ4v) is 0. The van der Waals surface area contributed by atoms with Crippen molar-refractivity contribution in [1.82, 2.24) is 0 Å². The number of hydrogen-bond acceptors (Lipinski definition) is 0. The van der Waals surface area contributed by atoms with Gasteiger partial charge in [-0.3, -0.25) is 0 Å². The average Bonchev–Trinajstić information content (AvgIpc) is 0. The maximum atomic E-state index is 0. The van der Waals surface area contributed by atoms with Gasteiger partial charge in [0.2, 0.25) is 0 Å². The smallest absolute Gasteiger partial charge is 0 e. The van der Waals surface area contributed by atoms with Crippen LogP contribution in [-0.4, -0.2) is 5.48 Å². The van der Waals surface area contributed by atoms with Crippen LogP contribution in [0, 0.1) is 0 Å². The van der Waals surface area contributed by atoms with Crippen molar-refractivity contribution >= 4 is 0 Å². The molecule has 0 bridgehead atoms. The van der Waals surface area contributed by atoms with Crippen LogP contribution in [0.1, 0.15) is 0 Å². The Labute approximate surface area is 58.1 Å². The molecule has 0 aliphatic carbocycles. The molecule has 4 heavy (non-hydrogen) atoms. The Balaban J connectivity index is 0. The first-order chi connectivity index (χ1) is 0. The van der Waals surface area contributed by atoms with Crippen LogP contribution in [0.25, 0.3) is 0 Å². The first kappa shape index (κ1) is 46.8. The van der Waals surface area contributed by atoms with E-state index in [2.05, 4.69) is 0 Å². The Kier molecular flexibility index (Phi) is 275. The molecule has 0 spiro atoms. The number of rotatable bonds is 0. The van der Waals surface area contributed by atoms with Gasteiger partial charge in [-0.15, -0.1) is 0 Å². The maximum Gasteiger partial charge on any atom is 0 e. The molecule has 0 aromatic carbocycles. The SMILES string of the molecule is O.[Co].[Ni].[Zn]. The van der Waals surface area contributed by atoms with E-state index in [-0.39, 0.29) is 58.2 Å². The van der Waals surface area contributed by atoms with E-state index in [9.17, 15) is 0 Å². The van der Waals surface area contributed by atoms with Crippen molar-refractivity contribution in [3.05, 3.63) is 0 Å². The molecule has 0 saturated carbocycles. The molecule has 0 heterocycles. The van der Waals surface area contributed by atoms with E-state index in [1.807, 2.05) is 0 Å². The molecule has 29 valence electrons. The van der Waals surface area contributed by atoms with Crippen LogP contribution in [0.3, 0.4) is 0 Å². The van der Waals surface area contributed by atoms with Crippen LogP contribution < -0.4 is 0 Å². The monoisotopic (exact) mass is 199 g/mol. The largest absolute Gasteiger partial charge is 0.412 e. The molecule has 0 saturated heterocycles. The number of hydrogen-bond donors (Lipinski definition) is 0. The summed E-state index contributed by atoms with van der Waals surface area (Å²) in [7, 11) is 0. The summed E-state index contributed by atoms with van der Waals surface area (Å²) in [5.41, 5.74) is 0. The molecular formula is H2CoNiOZn.